The van der Waals surface area contributed by atoms with Crippen LogP contribution in [-0.2, 0) is 6.54 Å². The quantitative estimate of drug-likeness (QED) is 0.235. The molecule has 1 amide bonds. The fourth-order valence-corrected chi connectivity index (χ4v) is 5.92. The summed E-state index contributed by atoms with van der Waals surface area (Å²) in [5.41, 5.74) is 0.798. The van der Waals surface area contributed by atoms with Crippen molar-refractivity contribution >= 4 is 50.3 Å². The van der Waals surface area contributed by atoms with Crippen LogP contribution >= 0.6 is 11.3 Å². The Bertz CT molecular complexity index is 1740. The third-order valence-electron chi connectivity index (χ3n) is 7.07. The van der Waals surface area contributed by atoms with E-state index in [2.05, 4.69) is 0 Å². The van der Waals surface area contributed by atoms with E-state index >= 15 is 0 Å². The van der Waals surface area contributed by atoms with E-state index in [1.54, 1.807) is 11.0 Å². The Morgan fingerprint density at radius 3 is 2.37 bits per heavy atom. The maximum atomic E-state index is 13.7. The van der Waals surface area contributed by atoms with Crippen molar-refractivity contribution < 1.29 is 9.72 Å². The highest BCUT2D eigenvalue weighted by Crippen LogP contribution is 2.34. The van der Waals surface area contributed by atoms with Gasteiger partial charge >= 0.3 is 11.2 Å². The Balaban J connectivity index is 1.40. The number of para-hydroxylation sites is 1. The van der Waals surface area contributed by atoms with Crippen molar-refractivity contribution in [3.8, 4) is 0 Å². The molecular formula is C29H24N4O4S. The standard InChI is InChI=1S/C29H24N4O4S/c34-28(25-10-5-17-38-25)31-15-13-30(14-16-31)26-23-8-3-4-9-24(23)32(29(35)27(26)33(36)37)19-20-11-12-21-6-1-2-7-22(21)18-20/h1-12,17-18H,13-16,19H2. The molecule has 0 N–H and O–H groups in total. The SMILES string of the molecule is O=C(c1cccs1)N1CCN(c2c([N+](=O)[O-])c(=O)n(Cc3ccc4ccccc4c3)c3ccccc23)CC1. The second-order valence-corrected chi connectivity index (χ2v) is 10.2. The molecule has 1 fully saturated rings. The zero-order valence-electron chi connectivity index (χ0n) is 20.4. The number of carbonyl (C=O) groups excluding carboxylic acids is 1. The molecule has 1 aliphatic rings. The number of pyridine rings is 1. The number of rotatable bonds is 5. The molecule has 0 aliphatic carbocycles. The number of piperazine rings is 1. The van der Waals surface area contributed by atoms with Gasteiger partial charge in [-0.2, -0.15) is 0 Å². The minimum atomic E-state index is -0.631. The summed E-state index contributed by atoms with van der Waals surface area (Å²) in [6.07, 6.45) is 0. The van der Waals surface area contributed by atoms with Crippen LogP contribution in [0.15, 0.2) is 89.0 Å². The van der Waals surface area contributed by atoms with Crippen LogP contribution in [0.1, 0.15) is 15.2 Å². The van der Waals surface area contributed by atoms with Gasteiger partial charge < -0.3 is 9.80 Å². The van der Waals surface area contributed by atoms with Crippen LogP contribution in [-0.4, -0.2) is 46.5 Å². The lowest BCUT2D eigenvalue weighted by Gasteiger charge is -2.36. The Morgan fingerprint density at radius 2 is 1.63 bits per heavy atom. The summed E-state index contributed by atoms with van der Waals surface area (Å²) in [4.78, 5) is 42.6. The van der Waals surface area contributed by atoms with Gasteiger partial charge in [-0.05, 0) is 39.9 Å². The highest BCUT2D eigenvalue weighted by molar-refractivity contribution is 7.12. The number of amides is 1. The number of benzene rings is 3. The van der Waals surface area contributed by atoms with Crippen molar-refractivity contribution in [1.29, 1.82) is 0 Å². The van der Waals surface area contributed by atoms with Crippen LogP contribution in [0.4, 0.5) is 11.4 Å². The van der Waals surface area contributed by atoms with E-state index in [1.807, 2.05) is 83.1 Å². The van der Waals surface area contributed by atoms with Crippen LogP contribution in [0.3, 0.4) is 0 Å². The number of thiophene rings is 1. The van der Waals surface area contributed by atoms with Crippen molar-refractivity contribution in [2.45, 2.75) is 6.54 Å². The number of nitrogens with zero attached hydrogens (tertiary/aromatic N) is 4. The number of nitro groups is 1. The first-order valence-corrected chi connectivity index (χ1v) is 13.2. The third-order valence-corrected chi connectivity index (χ3v) is 7.93. The Morgan fingerprint density at radius 1 is 0.895 bits per heavy atom. The van der Waals surface area contributed by atoms with Gasteiger partial charge in [0.1, 0.15) is 5.69 Å². The van der Waals surface area contributed by atoms with E-state index in [4.69, 9.17) is 0 Å². The van der Waals surface area contributed by atoms with E-state index in [-0.39, 0.29) is 12.5 Å². The maximum Gasteiger partial charge on any atom is 0.357 e. The van der Waals surface area contributed by atoms with Crippen LogP contribution in [0.2, 0.25) is 0 Å². The molecule has 0 spiro atoms. The average Bonchev–Trinajstić information content (AvgIpc) is 3.49. The Kier molecular flexibility index (Phi) is 6.13. The largest absolute Gasteiger partial charge is 0.362 e. The molecule has 3 aromatic carbocycles. The molecule has 1 saturated heterocycles. The Hall–Kier alpha value is -4.50. The first-order chi connectivity index (χ1) is 18.5. The van der Waals surface area contributed by atoms with Crippen LogP contribution in [0.5, 0.6) is 0 Å². The number of carbonyl (C=O) groups is 1. The fraction of sp³-hybridized carbons (Fsp3) is 0.172. The average molecular weight is 525 g/mol. The fourth-order valence-electron chi connectivity index (χ4n) is 5.23. The van der Waals surface area contributed by atoms with Crippen molar-refractivity contribution in [2.75, 3.05) is 31.1 Å². The predicted octanol–water partition coefficient (Wildman–Crippen LogP) is 5.14. The zero-order valence-corrected chi connectivity index (χ0v) is 21.3. The molecule has 9 heteroatoms. The summed E-state index contributed by atoms with van der Waals surface area (Å²) >= 11 is 1.40. The first kappa shape index (κ1) is 23.9. The minimum Gasteiger partial charge on any atom is -0.362 e. The van der Waals surface area contributed by atoms with E-state index in [0.29, 0.717) is 47.6 Å². The lowest BCUT2D eigenvalue weighted by atomic mass is 10.1. The highest BCUT2D eigenvalue weighted by atomic mass is 32.1. The van der Waals surface area contributed by atoms with Gasteiger partial charge in [0, 0.05) is 31.6 Å². The topological polar surface area (TPSA) is 88.7 Å². The summed E-state index contributed by atoms with van der Waals surface area (Å²) in [6, 6.07) is 24.9. The van der Waals surface area contributed by atoms with Crippen molar-refractivity contribution in [3.05, 3.63) is 115 Å². The molecule has 8 nitrogen and oxygen atoms in total. The molecule has 0 atom stereocenters. The number of anilines is 1. The van der Waals surface area contributed by atoms with Crippen molar-refractivity contribution in [1.82, 2.24) is 9.47 Å². The molecule has 0 radical (unpaired) electrons. The van der Waals surface area contributed by atoms with Gasteiger partial charge in [0.05, 0.1) is 21.9 Å². The molecular weight excluding hydrogens is 500 g/mol. The summed E-state index contributed by atoms with van der Waals surface area (Å²) < 4.78 is 1.50. The van der Waals surface area contributed by atoms with E-state index < -0.39 is 16.2 Å². The number of fused-ring (bicyclic) bond motifs is 2. The molecule has 0 unspecified atom stereocenters. The molecule has 2 aromatic heterocycles. The first-order valence-electron chi connectivity index (χ1n) is 12.4. The second-order valence-electron chi connectivity index (χ2n) is 9.30. The zero-order chi connectivity index (χ0) is 26.2. The smallest absolute Gasteiger partial charge is 0.357 e. The molecule has 190 valence electrons. The normalized spacial score (nSPS) is 13.8. The van der Waals surface area contributed by atoms with Gasteiger partial charge in [-0.25, -0.2) is 0 Å². The molecule has 3 heterocycles. The summed E-state index contributed by atoms with van der Waals surface area (Å²) in [7, 11) is 0. The summed E-state index contributed by atoms with van der Waals surface area (Å²) in [6.45, 7) is 1.85. The minimum absolute atomic E-state index is 0.0372. The summed E-state index contributed by atoms with van der Waals surface area (Å²) in [5, 5.41) is 17.0. The number of aromatic nitrogens is 1. The highest BCUT2D eigenvalue weighted by Gasteiger charge is 2.32. The van der Waals surface area contributed by atoms with Crippen molar-refractivity contribution in [2.24, 2.45) is 0 Å². The van der Waals surface area contributed by atoms with Gasteiger partial charge in [-0.1, -0.05) is 60.7 Å². The van der Waals surface area contributed by atoms with Crippen molar-refractivity contribution in [3.63, 3.8) is 0 Å². The Labute approximate surface area is 222 Å². The molecule has 1 aliphatic heterocycles. The third kappa shape index (κ3) is 4.20. The molecule has 0 bridgehead atoms. The van der Waals surface area contributed by atoms with E-state index in [0.717, 1.165) is 16.3 Å². The molecule has 0 saturated carbocycles. The second kappa shape index (κ2) is 9.75. The monoisotopic (exact) mass is 524 g/mol. The lowest BCUT2D eigenvalue weighted by Crippen LogP contribution is -2.49. The van der Waals surface area contributed by atoms with E-state index in [9.17, 15) is 19.7 Å². The number of hydrogen-bond acceptors (Lipinski definition) is 6. The molecule has 38 heavy (non-hydrogen) atoms. The maximum absolute atomic E-state index is 13.7. The molecule has 6 rings (SSSR count). The van der Waals surface area contributed by atoms with Gasteiger partial charge in [0.2, 0.25) is 0 Å². The van der Waals surface area contributed by atoms with Gasteiger partial charge in [0.15, 0.2) is 0 Å². The number of hydrogen-bond donors (Lipinski definition) is 0. The van der Waals surface area contributed by atoms with Gasteiger partial charge in [-0.15, -0.1) is 11.3 Å². The van der Waals surface area contributed by atoms with Crippen LogP contribution < -0.4 is 10.5 Å². The summed E-state index contributed by atoms with van der Waals surface area (Å²) in [5.74, 6) is -0.0372. The van der Waals surface area contributed by atoms with Gasteiger partial charge in [-0.3, -0.25) is 24.3 Å². The molecule has 5 aromatic rings. The predicted molar refractivity (Wildman–Crippen MR) is 150 cm³/mol. The van der Waals surface area contributed by atoms with E-state index in [1.165, 1.54) is 15.9 Å². The van der Waals surface area contributed by atoms with Crippen LogP contribution in [0.25, 0.3) is 21.7 Å². The van der Waals surface area contributed by atoms with Gasteiger partial charge in [0.25, 0.3) is 5.91 Å². The van der Waals surface area contributed by atoms with Crippen LogP contribution in [0, 0.1) is 10.1 Å². The lowest BCUT2D eigenvalue weighted by molar-refractivity contribution is -0.385.